The lowest BCUT2D eigenvalue weighted by Gasteiger charge is -2.32. The van der Waals surface area contributed by atoms with Gasteiger partial charge in [0.2, 0.25) is 0 Å². The van der Waals surface area contributed by atoms with E-state index < -0.39 is 0 Å². The molecule has 0 saturated carbocycles. The average molecular weight is 457 g/mol. The van der Waals surface area contributed by atoms with Crippen molar-refractivity contribution >= 4 is 5.78 Å². The number of carbonyl (C=O) groups excluding carboxylic acids is 1. The third-order valence-electron chi connectivity index (χ3n) is 6.79. The molecule has 4 rings (SSSR count). The number of ether oxygens (including phenoxy) is 1. The molecule has 0 radical (unpaired) electrons. The lowest BCUT2D eigenvalue weighted by atomic mass is 9.90. The fourth-order valence-electron chi connectivity index (χ4n) is 4.75. The molecule has 4 nitrogen and oxygen atoms in total. The summed E-state index contributed by atoms with van der Waals surface area (Å²) in [4.78, 5) is 15.3. The maximum absolute atomic E-state index is 12.8. The van der Waals surface area contributed by atoms with Crippen LogP contribution in [0.25, 0.3) is 0 Å². The van der Waals surface area contributed by atoms with Gasteiger partial charge < -0.3 is 10.5 Å². The summed E-state index contributed by atoms with van der Waals surface area (Å²) in [7, 11) is 0. The number of nitrogens with two attached hydrogens (primary N) is 1. The Kier molecular flexibility index (Phi) is 8.89. The average Bonchev–Trinajstić information content (AvgIpc) is 2.89. The highest BCUT2D eigenvalue weighted by Crippen LogP contribution is 2.26. The summed E-state index contributed by atoms with van der Waals surface area (Å²) < 4.78 is 6.19. The predicted octanol–water partition coefficient (Wildman–Crippen LogP) is 6.03. The third-order valence-corrected chi connectivity index (χ3v) is 6.79. The molecule has 1 fully saturated rings. The van der Waals surface area contributed by atoms with Gasteiger partial charge in [0.25, 0.3) is 0 Å². The van der Waals surface area contributed by atoms with Gasteiger partial charge in [-0.05, 0) is 80.2 Å². The van der Waals surface area contributed by atoms with Gasteiger partial charge in [-0.15, -0.1) is 0 Å². The van der Waals surface area contributed by atoms with Crippen LogP contribution in [0, 0.1) is 5.92 Å². The number of benzene rings is 3. The minimum absolute atomic E-state index is 0.0829. The monoisotopic (exact) mass is 456 g/mol. The van der Waals surface area contributed by atoms with Crippen LogP contribution < -0.4 is 10.5 Å². The Balaban J connectivity index is 1.22. The van der Waals surface area contributed by atoms with Gasteiger partial charge in [0.15, 0.2) is 5.78 Å². The van der Waals surface area contributed by atoms with Gasteiger partial charge in [0.05, 0.1) is 0 Å². The predicted molar refractivity (Wildman–Crippen MR) is 138 cm³/mol. The Labute approximate surface area is 203 Å². The van der Waals surface area contributed by atoms with Crippen LogP contribution >= 0.6 is 0 Å². The van der Waals surface area contributed by atoms with Gasteiger partial charge in [0.1, 0.15) is 11.9 Å². The molecule has 1 aliphatic heterocycles. The Hall–Kier alpha value is -2.95. The molecular weight excluding hydrogens is 420 g/mol. The lowest BCUT2D eigenvalue weighted by molar-refractivity contribution is 0.0961. The van der Waals surface area contributed by atoms with Crippen LogP contribution in [0.5, 0.6) is 5.75 Å². The van der Waals surface area contributed by atoms with Gasteiger partial charge in [-0.25, -0.2) is 0 Å². The first kappa shape index (κ1) is 24.2. The summed E-state index contributed by atoms with van der Waals surface area (Å²) in [6.45, 7) is 3.81. The first-order chi connectivity index (χ1) is 16.7. The number of nitrogens with zero attached hydrogens (tertiary/aromatic N) is 1. The quantitative estimate of drug-likeness (QED) is 0.358. The molecule has 178 valence electrons. The zero-order valence-electron chi connectivity index (χ0n) is 19.9. The molecular formula is C30H36N2O2. The van der Waals surface area contributed by atoms with E-state index in [-0.39, 0.29) is 11.9 Å². The number of carbonyl (C=O) groups is 1. The van der Waals surface area contributed by atoms with Crippen molar-refractivity contribution in [3.05, 3.63) is 102 Å². The van der Waals surface area contributed by atoms with E-state index in [4.69, 9.17) is 10.5 Å². The summed E-state index contributed by atoms with van der Waals surface area (Å²) >= 11 is 0. The highest BCUT2D eigenvalue weighted by Gasteiger charge is 2.20. The second-order valence-corrected chi connectivity index (χ2v) is 9.29. The molecule has 0 aliphatic carbocycles. The van der Waals surface area contributed by atoms with Crippen LogP contribution in [0.4, 0.5) is 0 Å². The molecule has 34 heavy (non-hydrogen) atoms. The summed E-state index contributed by atoms with van der Waals surface area (Å²) in [5.74, 6) is 1.63. The molecule has 0 bridgehead atoms. The van der Waals surface area contributed by atoms with E-state index in [0.717, 1.165) is 49.4 Å². The Morgan fingerprint density at radius 2 is 1.56 bits per heavy atom. The standard InChI is InChI=1S/C30H36N2O2/c31-20-17-30(27-9-5-2-6-10-27)34-28-14-12-26(13-15-28)29(33)16-11-24-18-21-32(22-19-24)23-25-7-3-1-4-8-25/h1-10,12-15,24,30H,11,16-23,31H2. The van der Waals surface area contributed by atoms with Crippen molar-refractivity contribution in [2.24, 2.45) is 11.7 Å². The van der Waals surface area contributed by atoms with Crippen molar-refractivity contribution in [2.45, 2.75) is 44.8 Å². The van der Waals surface area contributed by atoms with Crippen molar-refractivity contribution in [2.75, 3.05) is 19.6 Å². The van der Waals surface area contributed by atoms with Crippen LogP contribution in [0.2, 0.25) is 0 Å². The molecule has 1 heterocycles. The normalized spacial score (nSPS) is 15.7. The number of hydrogen-bond acceptors (Lipinski definition) is 4. The summed E-state index contributed by atoms with van der Waals surface area (Å²) in [5, 5.41) is 0. The van der Waals surface area contributed by atoms with Crippen LogP contribution in [-0.4, -0.2) is 30.3 Å². The van der Waals surface area contributed by atoms with Crippen LogP contribution in [0.1, 0.15) is 59.7 Å². The van der Waals surface area contributed by atoms with E-state index in [2.05, 4.69) is 47.4 Å². The fourth-order valence-corrected chi connectivity index (χ4v) is 4.75. The smallest absolute Gasteiger partial charge is 0.162 e. The van der Waals surface area contributed by atoms with E-state index in [0.29, 0.717) is 18.9 Å². The molecule has 0 aromatic heterocycles. The number of ketones is 1. The van der Waals surface area contributed by atoms with Gasteiger partial charge in [0, 0.05) is 24.9 Å². The van der Waals surface area contributed by atoms with Gasteiger partial charge in [-0.1, -0.05) is 60.7 Å². The minimum Gasteiger partial charge on any atom is -0.486 e. The number of likely N-dealkylation sites (tertiary alicyclic amines) is 1. The molecule has 1 atom stereocenters. The second kappa shape index (κ2) is 12.5. The molecule has 1 saturated heterocycles. The summed E-state index contributed by atoms with van der Waals surface area (Å²) in [6.07, 6.45) is 4.60. The molecule has 3 aromatic carbocycles. The number of hydrogen-bond donors (Lipinski definition) is 1. The van der Waals surface area contributed by atoms with Crippen LogP contribution in [0.3, 0.4) is 0 Å². The maximum Gasteiger partial charge on any atom is 0.162 e. The van der Waals surface area contributed by atoms with E-state index in [1.54, 1.807) is 0 Å². The van der Waals surface area contributed by atoms with Crippen molar-refractivity contribution in [3.63, 3.8) is 0 Å². The van der Waals surface area contributed by atoms with Crippen molar-refractivity contribution in [1.29, 1.82) is 0 Å². The highest BCUT2D eigenvalue weighted by atomic mass is 16.5. The lowest BCUT2D eigenvalue weighted by Crippen LogP contribution is -2.33. The van der Waals surface area contributed by atoms with Crippen molar-refractivity contribution < 1.29 is 9.53 Å². The largest absolute Gasteiger partial charge is 0.486 e. The molecule has 0 spiro atoms. The Morgan fingerprint density at radius 3 is 2.21 bits per heavy atom. The molecule has 0 amide bonds. The Morgan fingerprint density at radius 1 is 0.912 bits per heavy atom. The number of piperidine rings is 1. The first-order valence-electron chi connectivity index (χ1n) is 12.5. The molecule has 4 heteroatoms. The minimum atomic E-state index is -0.0829. The molecule has 3 aromatic rings. The maximum atomic E-state index is 12.8. The zero-order chi connectivity index (χ0) is 23.6. The van der Waals surface area contributed by atoms with E-state index in [9.17, 15) is 4.79 Å². The van der Waals surface area contributed by atoms with E-state index >= 15 is 0 Å². The topological polar surface area (TPSA) is 55.6 Å². The Bertz CT molecular complexity index is 997. The van der Waals surface area contributed by atoms with Crippen LogP contribution in [-0.2, 0) is 6.54 Å². The van der Waals surface area contributed by atoms with E-state index in [1.807, 2.05) is 42.5 Å². The van der Waals surface area contributed by atoms with Crippen LogP contribution in [0.15, 0.2) is 84.9 Å². The summed E-state index contributed by atoms with van der Waals surface area (Å²) in [5.41, 5.74) is 9.05. The fraction of sp³-hybridized carbons (Fsp3) is 0.367. The molecule has 1 unspecified atom stereocenters. The number of Topliss-reactive ketones (excluding diaryl/α,β-unsaturated/α-hetero) is 1. The third kappa shape index (κ3) is 7.02. The SMILES string of the molecule is NCCC(Oc1ccc(C(=O)CCC2CCN(Cc3ccccc3)CC2)cc1)c1ccccc1. The van der Waals surface area contributed by atoms with Crippen molar-refractivity contribution in [1.82, 2.24) is 4.90 Å². The molecule has 1 aliphatic rings. The second-order valence-electron chi connectivity index (χ2n) is 9.29. The number of rotatable bonds is 11. The molecule has 2 N–H and O–H groups in total. The van der Waals surface area contributed by atoms with Crippen molar-refractivity contribution in [3.8, 4) is 5.75 Å². The van der Waals surface area contributed by atoms with Gasteiger partial charge in [-0.3, -0.25) is 9.69 Å². The van der Waals surface area contributed by atoms with Gasteiger partial charge in [-0.2, -0.15) is 0 Å². The first-order valence-corrected chi connectivity index (χ1v) is 12.5. The van der Waals surface area contributed by atoms with Gasteiger partial charge >= 0.3 is 0 Å². The summed E-state index contributed by atoms with van der Waals surface area (Å²) in [6, 6.07) is 28.4. The van der Waals surface area contributed by atoms with E-state index in [1.165, 1.54) is 18.4 Å². The highest BCUT2D eigenvalue weighted by molar-refractivity contribution is 5.96. The zero-order valence-corrected chi connectivity index (χ0v) is 19.9.